The van der Waals surface area contributed by atoms with E-state index in [1.54, 1.807) is 23.5 Å². The van der Waals surface area contributed by atoms with Gasteiger partial charge in [0, 0.05) is 45.7 Å². The Labute approximate surface area is 161 Å². The summed E-state index contributed by atoms with van der Waals surface area (Å²) in [4.78, 5) is 22.3. The van der Waals surface area contributed by atoms with Gasteiger partial charge in [0.05, 0.1) is 0 Å². The van der Waals surface area contributed by atoms with Crippen LogP contribution in [-0.2, 0) is 19.1 Å². The molecule has 4 nitrogen and oxygen atoms in total. The number of thioether (sulfide) groups is 4. The summed E-state index contributed by atoms with van der Waals surface area (Å²) >= 11 is 7.25. The second kappa shape index (κ2) is 12.2. The van der Waals surface area contributed by atoms with Gasteiger partial charge in [0.25, 0.3) is 0 Å². The van der Waals surface area contributed by atoms with Crippen molar-refractivity contribution in [2.75, 3.05) is 23.0 Å². The van der Waals surface area contributed by atoms with Gasteiger partial charge in [0.15, 0.2) is 0 Å². The molecule has 8 heteroatoms. The van der Waals surface area contributed by atoms with Gasteiger partial charge in [-0.25, -0.2) is 9.59 Å². The van der Waals surface area contributed by atoms with Crippen LogP contribution < -0.4 is 0 Å². The van der Waals surface area contributed by atoms with E-state index >= 15 is 0 Å². The minimum Gasteiger partial charge on any atom is -0.448 e. The van der Waals surface area contributed by atoms with Crippen LogP contribution in [0.25, 0.3) is 0 Å². The SMILES string of the molecule is C=CC(=O)OC(C)SCC1CSC(CSC(C)OC(=O)C=C)CS1. The van der Waals surface area contributed by atoms with Crippen molar-refractivity contribution in [3.05, 3.63) is 25.3 Å². The van der Waals surface area contributed by atoms with Crippen molar-refractivity contribution in [3.63, 3.8) is 0 Å². The fourth-order valence-electron chi connectivity index (χ4n) is 1.75. The summed E-state index contributed by atoms with van der Waals surface area (Å²) < 4.78 is 10.3. The lowest BCUT2D eigenvalue weighted by molar-refractivity contribution is -0.139. The summed E-state index contributed by atoms with van der Waals surface area (Å²) in [6.45, 7) is 10.6. The van der Waals surface area contributed by atoms with Crippen LogP contribution in [0.4, 0.5) is 0 Å². The van der Waals surface area contributed by atoms with Crippen molar-refractivity contribution in [2.45, 2.75) is 35.2 Å². The van der Waals surface area contributed by atoms with Crippen molar-refractivity contribution in [1.29, 1.82) is 0 Å². The molecule has 0 N–H and O–H groups in total. The van der Waals surface area contributed by atoms with Crippen molar-refractivity contribution in [3.8, 4) is 0 Å². The molecule has 0 aromatic carbocycles. The third kappa shape index (κ3) is 9.34. The number of carbonyl (C=O) groups is 2. The molecule has 1 saturated heterocycles. The molecule has 1 aliphatic heterocycles. The van der Waals surface area contributed by atoms with E-state index in [9.17, 15) is 9.59 Å². The molecule has 1 rings (SSSR count). The van der Waals surface area contributed by atoms with E-state index in [2.05, 4.69) is 13.2 Å². The Balaban J connectivity index is 2.15. The highest BCUT2D eigenvalue weighted by atomic mass is 32.2. The number of hydrogen-bond donors (Lipinski definition) is 0. The summed E-state index contributed by atoms with van der Waals surface area (Å²) in [5.74, 6) is 3.37. The van der Waals surface area contributed by atoms with Gasteiger partial charge >= 0.3 is 11.9 Å². The summed E-state index contributed by atoms with van der Waals surface area (Å²) in [7, 11) is 0. The number of esters is 2. The minimum absolute atomic E-state index is 0.144. The molecule has 1 fully saturated rings. The zero-order valence-electron chi connectivity index (χ0n) is 14.0. The molecule has 0 aromatic heterocycles. The fraction of sp³-hybridized carbons (Fsp3) is 0.625. The van der Waals surface area contributed by atoms with Gasteiger partial charge < -0.3 is 9.47 Å². The lowest BCUT2D eigenvalue weighted by Gasteiger charge is -2.28. The fourth-order valence-corrected chi connectivity index (χ4v) is 7.28. The summed E-state index contributed by atoms with van der Waals surface area (Å²) in [6.07, 6.45) is 2.38. The normalized spacial score (nSPS) is 22.9. The largest absolute Gasteiger partial charge is 0.448 e. The molecule has 0 aliphatic carbocycles. The van der Waals surface area contributed by atoms with Crippen LogP contribution in [-0.4, -0.2) is 56.3 Å². The monoisotopic (exact) mass is 408 g/mol. The molecule has 0 amide bonds. The highest BCUT2D eigenvalue weighted by molar-refractivity contribution is 8.09. The molecular weight excluding hydrogens is 384 g/mol. The van der Waals surface area contributed by atoms with Crippen molar-refractivity contribution >= 4 is 59.0 Å². The minimum atomic E-state index is -0.371. The zero-order valence-corrected chi connectivity index (χ0v) is 17.2. The van der Waals surface area contributed by atoms with Crippen LogP contribution in [0, 0.1) is 0 Å². The van der Waals surface area contributed by atoms with E-state index in [0.29, 0.717) is 10.5 Å². The Kier molecular flexibility index (Phi) is 11.1. The quantitative estimate of drug-likeness (QED) is 0.307. The molecule has 4 unspecified atom stereocenters. The maximum Gasteiger partial charge on any atom is 0.331 e. The highest BCUT2D eigenvalue weighted by Gasteiger charge is 2.24. The van der Waals surface area contributed by atoms with Gasteiger partial charge in [-0.05, 0) is 13.8 Å². The van der Waals surface area contributed by atoms with Crippen LogP contribution in [0.3, 0.4) is 0 Å². The maximum absolute atomic E-state index is 11.1. The lowest BCUT2D eigenvalue weighted by Crippen LogP contribution is -2.26. The molecule has 1 aliphatic rings. The first-order chi connectivity index (χ1) is 11.4. The van der Waals surface area contributed by atoms with E-state index < -0.39 is 0 Å². The van der Waals surface area contributed by atoms with Gasteiger partial charge in [0.1, 0.15) is 10.9 Å². The van der Waals surface area contributed by atoms with E-state index in [0.717, 1.165) is 23.0 Å². The van der Waals surface area contributed by atoms with Gasteiger partial charge in [-0.2, -0.15) is 23.5 Å². The molecule has 1 heterocycles. The number of carbonyl (C=O) groups excluding carboxylic acids is 2. The predicted octanol–water partition coefficient (Wildman–Crippen LogP) is 3.82. The molecule has 24 heavy (non-hydrogen) atoms. The van der Waals surface area contributed by atoms with Crippen molar-refractivity contribution in [1.82, 2.24) is 0 Å². The van der Waals surface area contributed by atoms with Gasteiger partial charge in [-0.15, -0.1) is 23.5 Å². The van der Waals surface area contributed by atoms with Crippen molar-refractivity contribution < 1.29 is 19.1 Å². The Bertz CT molecular complexity index is 396. The summed E-state index contributed by atoms with van der Waals surface area (Å²) in [6, 6.07) is 0. The predicted molar refractivity (Wildman–Crippen MR) is 109 cm³/mol. The molecule has 136 valence electrons. The highest BCUT2D eigenvalue weighted by Crippen LogP contribution is 2.34. The molecule has 0 bridgehead atoms. The second-order valence-electron chi connectivity index (χ2n) is 4.99. The Morgan fingerprint density at radius 3 is 1.67 bits per heavy atom. The maximum atomic E-state index is 11.1. The standard InChI is InChI=1S/C16H24O4S4/c1-5-15(17)19-11(3)21-7-13-9-24-14(10-23-13)8-22-12(4)20-16(18)6-2/h5-6,11-14H,1-2,7-10H2,3-4H3. The third-order valence-electron chi connectivity index (χ3n) is 2.97. The lowest BCUT2D eigenvalue weighted by atomic mass is 10.5. The van der Waals surface area contributed by atoms with Crippen LogP contribution in [0.15, 0.2) is 25.3 Å². The van der Waals surface area contributed by atoms with Crippen LogP contribution in [0.2, 0.25) is 0 Å². The molecule has 0 radical (unpaired) electrons. The first-order valence-corrected chi connectivity index (χ1v) is 11.8. The summed E-state index contributed by atoms with van der Waals surface area (Å²) in [5.41, 5.74) is -0.287. The Hall–Kier alpha value is -0.180. The first kappa shape index (κ1) is 21.9. The molecule has 0 aromatic rings. The van der Waals surface area contributed by atoms with Crippen LogP contribution in [0.5, 0.6) is 0 Å². The number of rotatable bonds is 10. The van der Waals surface area contributed by atoms with Gasteiger partial charge in [-0.3, -0.25) is 0 Å². The topological polar surface area (TPSA) is 52.6 Å². The van der Waals surface area contributed by atoms with Crippen LogP contribution >= 0.6 is 47.0 Å². The average Bonchev–Trinajstić information content (AvgIpc) is 2.58. The first-order valence-electron chi connectivity index (χ1n) is 7.57. The molecular formula is C16H24O4S4. The molecule has 4 atom stereocenters. The summed E-state index contributed by atoms with van der Waals surface area (Å²) in [5, 5.41) is 1.14. The average molecular weight is 409 g/mol. The second-order valence-corrected chi connectivity index (χ2v) is 10.3. The van der Waals surface area contributed by atoms with Crippen molar-refractivity contribution in [2.24, 2.45) is 0 Å². The third-order valence-corrected chi connectivity index (χ3v) is 8.93. The zero-order chi connectivity index (χ0) is 17.9. The van der Waals surface area contributed by atoms with Gasteiger partial charge in [-0.1, -0.05) is 13.2 Å². The molecule has 0 saturated carbocycles. The van der Waals surface area contributed by atoms with Gasteiger partial charge in [0.2, 0.25) is 0 Å². The van der Waals surface area contributed by atoms with Crippen LogP contribution in [0.1, 0.15) is 13.8 Å². The van der Waals surface area contributed by atoms with E-state index in [-0.39, 0.29) is 22.8 Å². The Morgan fingerprint density at radius 1 is 1.00 bits per heavy atom. The van der Waals surface area contributed by atoms with E-state index in [1.807, 2.05) is 37.4 Å². The number of ether oxygens (including phenoxy) is 2. The molecule has 0 spiro atoms. The Morgan fingerprint density at radius 2 is 1.38 bits per heavy atom. The van der Waals surface area contributed by atoms with E-state index in [4.69, 9.17) is 9.47 Å². The smallest absolute Gasteiger partial charge is 0.331 e. The number of hydrogen-bond acceptors (Lipinski definition) is 8. The van der Waals surface area contributed by atoms with E-state index in [1.165, 1.54) is 12.2 Å².